The Morgan fingerprint density at radius 3 is 0.753 bits per heavy atom. The minimum atomic E-state index is -0.775. The number of allylic oxidation sites excluding steroid dienone is 16. The maximum absolute atomic E-state index is 12.9. The summed E-state index contributed by atoms with van der Waals surface area (Å²) in [6.45, 7) is 6.56. The molecule has 0 bridgehead atoms. The zero-order chi connectivity index (χ0) is 58.5. The van der Waals surface area contributed by atoms with Crippen molar-refractivity contribution in [3.63, 3.8) is 0 Å². The normalized spacial score (nSPS) is 12.7. The van der Waals surface area contributed by atoms with Gasteiger partial charge < -0.3 is 14.2 Å². The van der Waals surface area contributed by atoms with Crippen LogP contribution in [0.2, 0.25) is 0 Å². The van der Waals surface area contributed by atoms with E-state index in [4.69, 9.17) is 14.2 Å². The second-order valence-electron chi connectivity index (χ2n) is 23.1. The van der Waals surface area contributed by atoms with Gasteiger partial charge in [0.2, 0.25) is 0 Å². The van der Waals surface area contributed by atoms with Gasteiger partial charge in [-0.05, 0) is 83.5 Å². The molecule has 0 aromatic rings. The highest BCUT2D eigenvalue weighted by Gasteiger charge is 2.19. The number of hydrogen-bond donors (Lipinski definition) is 0. The fraction of sp³-hybridized carbons (Fsp3) is 0.747. The van der Waals surface area contributed by atoms with E-state index in [9.17, 15) is 14.4 Å². The van der Waals surface area contributed by atoms with E-state index in [2.05, 4.69) is 118 Å². The summed E-state index contributed by atoms with van der Waals surface area (Å²) in [5.74, 6) is -0.860. The Labute approximate surface area is 502 Å². The van der Waals surface area contributed by atoms with E-state index in [1.807, 2.05) is 0 Å². The molecule has 0 aliphatic carbocycles. The van der Waals surface area contributed by atoms with Crippen molar-refractivity contribution >= 4 is 17.9 Å². The molecule has 0 aliphatic rings. The van der Waals surface area contributed by atoms with Gasteiger partial charge in [-0.2, -0.15) is 0 Å². The second kappa shape index (κ2) is 68.8. The first-order chi connectivity index (χ1) is 40.0. The Hall–Kier alpha value is -3.67. The molecule has 1 atom stereocenters. The van der Waals surface area contributed by atoms with Gasteiger partial charge in [0.25, 0.3) is 0 Å². The van der Waals surface area contributed by atoms with Crippen LogP contribution in [0, 0.1) is 0 Å². The predicted molar refractivity (Wildman–Crippen MR) is 353 cm³/mol. The molecule has 0 aromatic carbocycles. The van der Waals surface area contributed by atoms with E-state index in [1.54, 1.807) is 0 Å². The molecule has 1 unspecified atom stereocenters. The first-order valence-electron chi connectivity index (χ1n) is 34.7. The lowest BCUT2D eigenvalue weighted by atomic mass is 10.0. The zero-order valence-corrected chi connectivity index (χ0v) is 53.5. The van der Waals surface area contributed by atoms with Crippen LogP contribution >= 0.6 is 0 Å². The molecule has 0 saturated carbocycles. The molecule has 0 saturated heterocycles. The van der Waals surface area contributed by atoms with Crippen molar-refractivity contribution in [3.05, 3.63) is 97.2 Å². The van der Waals surface area contributed by atoms with Gasteiger partial charge >= 0.3 is 17.9 Å². The third-order valence-corrected chi connectivity index (χ3v) is 15.1. The van der Waals surface area contributed by atoms with Gasteiger partial charge in [-0.3, -0.25) is 14.4 Å². The van der Waals surface area contributed by atoms with Gasteiger partial charge in [0.05, 0.1) is 0 Å². The minimum Gasteiger partial charge on any atom is -0.462 e. The van der Waals surface area contributed by atoms with E-state index in [-0.39, 0.29) is 31.1 Å². The van der Waals surface area contributed by atoms with Crippen LogP contribution in [0.4, 0.5) is 0 Å². The van der Waals surface area contributed by atoms with Crippen molar-refractivity contribution in [3.8, 4) is 0 Å². The van der Waals surface area contributed by atoms with Crippen molar-refractivity contribution < 1.29 is 28.6 Å². The van der Waals surface area contributed by atoms with Crippen molar-refractivity contribution in [2.45, 2.75) is 348 Å². The first-order valence-corrected chi connectivity index (χ1v) is 34.7. The van der Waals surface area contributed by atoms with E-state index >= 15 is 0 Å². The Bertz CT molecular complexity index is 1580. The molecular formula is C75H130O6. The molecule has 0 aliphatic heterocycles. The predicted octanol–water partition coefficient (Wildman–Crippen LogP) is 24.0. The third kappa shape index (κ3) is 67.0. The molecule has 0 heterocycles. The summed E-state index contributed by atoms with van der Waals surface area (Å²) in [6, 6.07) is 0. The summed E-state index contributed by atoms with van der Waals surface area (Å²) in [5.41, 5.74) is 0. The number of hydrogen-bond acceptors (Lipinski definition) is 6. The average molecular weight is 1130 g/mol. The van der Waals surface area contributed by atoms with Gasteiger partial charge in [-0.25, -0.2) is 0 Å². The Balaban J connectivity index is 4.17. The number of carbonyl (C=O) groups is 3. The summed E-state index contributed by atoms with van der Waals surface area (Å²) in [6.07, 6.45) is 92.9. The smallest absolute Gasteiger partial charge is 0.306 e. The molecule has 0 spiro atoms. The molecule has 0 N–H and O–H groups in total. The summed E-state index contributed by atoms with van der Waals surface area (Å²) < 4.78 is 16.9. The fourth-order valence-corrected chi connectivity index (χ4v) is 9.93. The van der Waals surface area contributed by atoms with Crippen molar-refractivity contribution in [1.82, 2.24) is 0 Å². The lowest BCUT2D eigenvalue weighted by Gasteiger charge is -2.18. The van der Waals surface area contributed by atoms with Crippen molar-refractivity contribution in [2.75, 3.05) is 13.2 Å². The van der Waals surface area contributed by atoms with Gasteiger partial charge in [0, 0.05) is 19.3 Å². The van der Waals surface area contributed by atoms with Crippen LogP contribution in [0.5, 0.6) is 0 Å². The molecule has 6 heteroatoms. The Morgan fingerprint density at radius 2 is 0.481 bits per heavy atom. The van der Waals surface area contributed by atoms with Crippen molar-refractivity contribution in [2.24, 2.45) is 0 Å². The monoisotopic (exact) mass is 1130 g/mol. The number of unbranched alkanes of at least 4 members (excludes halogenated alkanes) is 36. The molecule has 81 heavy (non-hydrogen) atoms. The molecule has 0 rings (SSSR count). The highest BCUT2D eigenvalue weighted by atomic mass is 16.6. The Kier molecular flexibility index (Phi) is 65.7. The molecule has 0 amide bonds. The topological polar surface area (TPSA) is 78.9 Å². The maximum Gasteiger partial charge on any atom is 0.306 e. The lowest BCUT2D eigenvalue weighted by Crippen LogP contribution is -2.30. The summed E-state index contributed by atoms with van der Waals surface area (Å²) in [5, 5.41) is 0. The highest BCUT2D eigenvalue weighted by molar-refractivity contribution is 5.71. The molecule has 466 valence electrons. The molecule has 0 aromatic heterocycles. The van der Waals surface area contributed by atoms with Crippen LogP contribution in [0.25, 0.3) is 0 Å². The van der Waals surface area contributed by atoms with Crippen LogP contribution in [0.1, 0.15) is 342 Å². The standard InChI is InChI=1S/C75H130O6/c1-4-7-10-13-16-19-22-24-26-28-29-30-31-32-33-34-35-36-37-38-39-40-41-42-43-44-45-47-48-50-53-56-59-62-65-68-74(77)80-71-72(70-79-73(76)67-64-61-58-55-52-21-18-15-12-9-6-3)81-75(78)69-66-63-60-57-54-51-49-46-27-25-23-20-17-14-11-8-5-2/h7,10,16,19,24,26,29-30,32-33,35-36,38-39,41-42,72H,4-6,8-9,11-15,17-18,20-23,25,27-28,31,34,37,40,43-71H2,1-3H3/b10-7-,19-16-,26-24-,30-29-,33-32-,36-35-,39-38-,42-41-. The largest absolute Gasteiger partial charge is 0.462 e. The lowest BCUT2D eigenvalue weighted by molar-refractivity contribution is -0.167. The van der Waals surface area contributed by atoms with Crippen LogP contribution in [0.15, 0.2) is 97.2 Å². The highest BCUT2D eigenvalue weighted by Crippen LogP contribution is 2.17. The van der Waals surface area contributed by atoms with Gasteiger partial charge in [-0.1, -0.05) is 336 Å². The Morgan fingerprint density at radius 1 is 0.259 bits per heavy atom. The number of esters is 3. The van der Waals surface area contributed by atoms with Gasteiger partial charge in [-0.15, -0.1) is 0 Å². The number of carbonyl (C=O) groups excluding carboxylic acids is 3. The molecular weight excluding hydrogens is 997 g/mol. The summed E-state index contributed by atoms with van der Waals surface area (Å²) >= 11 is 0. The van der Waals surface area contributed by atoms with Crippen molar-refractivity contribution in [1.29, 1.82) is 0 Å². The van der Waals surface area contributed by atoms with Crippen LogP contribution in [-0.2, 0) is 28.6 Å². The van der Waals surface area contributed by atoms with Crippen LogP contribution in [-0.4, -0.2) is 37.2 Å². The number of ether oxygens (including phenoxy) is 3. The summed E-state index contributed by atoms with van der Waals surface area (Å²) in [4.78, 5) is 38.3. The fourth-order valence-electron chi connectivity index (χ4n) is 9.93. The van der Waals surface area contributed by atoms with E-state index in [0.29, 0.717) is 19.3 Å². The quantitative estimate of drug-likeness (QED) is 0.0261. The van der Waals surface area contributed by atoms with Gasteiger partial charge in [0.15, 0.2) is 6.10 Å². The van der Waals surface area contributed by atoms with E-state index in [0.717, 1.165) is 109 Å². The first kappa shape index (κ1) is 77.3. The average Bonchev–Trinajstić information content (AvgIpc) is 3.47. The zero-order valence-electron chi connectivity index (χ0n) is 53.5. The minimum absolute atomic E-state index is 0.0723. The van der Waals surface area contributed by atoms with Gasteiger partial charge in [0.1, 0.15) is 13.2 Å². The maximum atomic E-state index is 12.9. The SMILES string of the molecule is CC/C=C\C/C=C\C/C=C\C/C=C\C/C=C\C/C=C\C/C=C\C/C=C\CCCCCCCCCCCCC(=O)OCC(COC(=O)CCCCCCCCCCCCC)OC(=O)CCCCCCCCCCCCCCCCCCC. The summed E-state index contributed by atoms with van der Waals surface area (Å²) in [7, 11) is 0. The molecule has 0 radical (unpaired) electrons. The second-order valence-corrected chi connectivity index (χ2v) is 23.1. The van der Waals surface area contributed by atoms with E-state index < -0.39 is 6.10 Å². The van der Waals surface area contributed by atoms with Crippen LogP contribution in [0.3, 0.4) is 0 Å². The molecule has 0 fully saturated rings. The number of rotatable bonds is 63. The third-order valence-electron chi connectivity index (χ3n) is 15.1. The van der Waals surface area contributed by atoms with E-state index in [1.165, 1.54) is 193 Å². The molecule has 6 nitrogen and oxygen atoms in total. The van der Waals surface area contributed by atoms with Crippen LogP contribution < -0.4 is 0 Å².